The highest BCUT2D eigenvalue weighted by atomic mass is 16.5. The van der Waals surface area contributed by atoms with E-state index in [-0.39, 0.29) is 25.4 Å². The lowest BCUT2D eigenvalue weighted by molar-refractivity contribution is -0.141. The Hall–Kier alpha value is -4.08. The van der Waals surface area contributed by atoms with Gasteiger partial charge >= 0.3 is 0 Å². The number of aliphatic hydroxyl groups is 2. The van der Waals surface area contributed by atoms with Crippen molar-refractivity contribution in [1.29, 1.82) is 0 Å². The molecule has 8 heteroatoms. The van der Waals surface area contributed by atoms with Gasteiger partial charge in [-0.05, 0) is 136 Å². The molecule has 2 N–H and O–H groups in total. The first-order chi connectivity index (χ1) is 25.4. The lowest BCUT2D eigenvalue weighted by atomic mass is 9.56. The molecule has 0 aromatic carbocycles. The molecule has 0 bridgehead atoms. The van der Waals surface area contributed by atoms with Gasteiger partial charge in [-0.25, -0.2) is 9.97 Å². The standard InChI is InChI=1S/C44H52N4O4/c1-29-9-3-15-39(45-29)41-17-5-13-37(47-41)27-51-43-25-35-23-33-21-31(11-7-19-49)32(12-8-20-50)22-34(33)24-36(35)26-44(43)52-28-38-14-6-18-42(48-38)40-16-4-10-30(2)46-40/h3-18,31-36,43-44,49-50H,19-28H2,1-2H3/b11-7+,12-8+/t31-,32-,33-,34+,35+,36-,43-,44-/m1/s1. The average Bonchev–Trinajstić information content (AvgIpc) is 3.17. The number of fused-ring (bicyclic) bond motifs is 2. The summed E-state index contributed by atoms with van der Waals surface area (Å²) in [7, 11) is 0. The second-order valence-corrected chi connectivity index (χ2v) is 15.1. The summed E-state index contributed by atoms with van der Waals surface area (Å²) in [4.78, 5) is 19.2. The van der Waals surface area contributed by atoms with E-state index in [4.69, 9.17) is 19.4 Å². The normalized spacial score (nSPS) is 27.5. The lowest BCUT2D eigenvalue weighted by Gasteiger charge is -2.51. The third kappa shape index (κ3) is 8.92. The zero-order valence-corrected chi connectivity index (χ0v) is 30.4. The van der Waals surface area contributed by atoms with Gasteiger partial charge in [0.05, 0.1) is 72.8 Å². The van der Waals surface area contributed by atoms with Gasteiger partial charge in [-0.1, -0.05) is 48.6 Å². The summed E-state index contributed by atoms with van der Waals surface area (Å²) in [5.41, 5.74) is 7.14. The van der Waals surface area contributed by atoms with Gasteiger partial charge in [0, 0.05) is 11.4 Å². The van der Waals surface area contributed by atoms with Crippen LogP contribution >= 0.6 is 0 Å². The molecule has 3 saturated carbocycles. The third-order valence-electron chi connectivity index (χ3n) is 11.5. The van der Waals surface area contributed by atoms with E-state index in [1.165, 1.54) is 12.8 Å². The maximum absolute atomic E-state index is 9.52. The number of pyridine rings is 4. The Labute approximate surface area is 308 Å². The molecule has 4 aromatic rings. The highest BCUT2D eigenvalue weighted by Gasteiger charge is 2.47. The number of aromatic nitrogens is 4. The Bertz CT molecular complexity index is 1710. The Kier molecular flexibility index (Phi) is 12.0. The number of hydrogen-bond donors (Lipinski definition) is 2. The van der Waals surface area contributed by atoms with E-state index in [0.717, 1.165) is 71.2 Å². The molecule has 4 aromatic heterocycles. The van der Waals surface area contributed by atoms with Crippen LogP contribution < -0.4 is 0 Å². The molecule has 0 radical (unpaired) electrons. The van der Waals surface area contributed by atoms with E-state index in [2.05, 4.69) is 22.1 Å². The van der Waals surface area contributed by atoms with Crippen LogP contribution in [0.3, 0.4) is 0 Å². The van der Waals surface area contributed by atoms with Crippen molar-refractivity contribution in [3.05, 3.63) is 120 Å². The Balaban J connectivity index is 1.08. The molecule has 0 spiro atoms. The fourth-order valence-corrected chi connectivity index (χ4v) is 9.08. The van der Waals surface area contributed by atoms with E-state index in [9.17, 15) is 10.2 Å². The van der Waals surface area contributed by atoms with Crippen LogP contribution in [0.5, 0.6) is 0 Å². The predicted molar refractivity (Wildman–Crippen MR) is 203 cm³/mol. The first-order valence-corrected chi connectivity index (χ1v) is 19.0. The molecule has 8 nitrogen and oxygen atoms in total. The highest BCUT2D eigenvalue weighted by Crippen LogP contribution is 2.53. The molecular formula is C44H52N4O4. The first kappa shape index (κ1) is 36.3. The molecule has 4 heterocycles. The number of aliphatic hydroxyl groups excluding tert-OH is 2. The van der Waals surface area contributed by atoms with E-state index >= 15 is 0 Å². The van der Waals surface area contributed by atoms with Crippen LogP contribution in [0, 0.1) is 49.4 Å². The zero-order chi connectivity index (χ0) is 35.9. The van der Waals surface area contributed by atoms with Crippen molar-refractivity contribution in [3.63, 3.8) is 0 Å². The maximum atomic E-state index is 9.52. The van der Waals surface area contributed by atoms with Crippen LogP contribution in [-0.4, -0.2) is 55.6 Å². The summed E-state index contributed by atoms with van der Waals surface area (Å²) in [6.07, 6.45) is 14.6. The van der Waals surface area contributed by atoms with E-state index in [0.29, 0.717) is 48.7 Å². The molecule has 3 aliphatic carbocycles. The Morgan fingerprint density at radius 2 is 0.904 bits per heavy atom. The number of hydrogen-bond acceptors (Lipinski definition) is 8. The van der Waals surface area contributed by atoms with Gasteiger partial charge in [0.1, 0.15) is 0 Å². The number of allylic oxidation sites excluding steroid dienone is 2. The zero-order valence-electron chi connectivity index (χ0n) is 30.4. The summed E-state index contributed by atoms with van der Waals surface area (Å²) in [5, 5.41) is 19.0. The molecule has 52 heavy (non-hydrogen) atoms. The van der Waals surface area contributed by atoms with Crippen molar-refractivity contribution in [1.82, 2.24) is 19.9 Å². The molecule has 3 aliphatic rings. The SMILES string of the molecule is Cc1cccc(-c2cccc(CO[C@@H]3C[C@H]4C[C@@H]5C[C@@H](/C=C/CO)[C@H](/C=C/CO)C[C@@H]5C[C@H]4C[C@H]3OCc3cccc(-c4cccc(C)n4)n3)n2)n1. The van der Waals surface area contributed by atoms with E-state index < -0.39 is 0 Å². The van der Waals surface area contributed by atoms with E-state index in [1.54, 1.807) is 0 Å². The maximum Gasteiger partial charge on any atom is 0.0893 e. The molecule has 0 saturated heterocycles. The molecule has 7 rings (SSSR count). The molecule has 0 unspecified atom stereocenters. The first-order valence-electron chi connectivity index (χ1n) is 19.0. The minimum absolute atomic E-state index is 0.0594. The number of aryl methyl sites for hydroxylation is 2. The smallest absolute Gasteiger partial charge is 0.0893 e. The van der Waals surface area contributed by atoms with Gasteiger partial charge in [0.15, 0.2) is 0 Å². The molecule has 0 aliphatic heterocycles. The van der Waals surface area contributed by atoms with Gasteiger partial charge in [-0.15, -0.1) is 0 Å². The minimum atomic E-state index is -0.0594. The summed E-state index contributed by atoms with van der Waals surface area (Å²) in [6.45, 7) is 4.94. The van der Waals surface area contributed by atoms with Gasteiger partial charge in [0.25, 0.3) is 0 Å². The average molecular weight is 701 g/mol. The second kappa shape index (κ2) is 17.2. The highest BCUT2D eigenvalue weighted by molar-refractivity contribution is 5.55. The molecule has 8 atom stereocenters. The van der Waals surface area contributed by atoms with Crippen molar-refractivity contribution in [2.75, 3.05) is 13.2 Å². The Morgan fingerprint density at radius 3 is 1.31 bits per heavy atom. The van der Waals surface area contributed by atoms with Crippen molar-refractivity contribution in [2.24, 2.45) is 35.5 Å². The van der Waals surface area contributed by atoms with Crippen LogP contribution in [0.15, 0.2) is 97.1 Å². The van der Waals surface area contributed by atoms with Gasteiger partial charge in [0.2, 0.25) is 0 Å². The summed E-state index contributed by atoms with van der Waals surface area (Å²) < 4.78 is 13.6. The second-order valence-electron chi connectivity index (χ2n) is 15.1. The fraction of sp³-hybridized carbons (Fsp3) is 0.455. The van der Waals surface area contributed by atoms with Crippen LogP contribution in [-0.2, 0) is 22.7 Å². The molecular weight excluding hydrogens is 649 g/mol. The van der Waals surface area contributed by atoms with Crippen molar-refractivity contribution >= 4 is 0 Å². The van der Waals surface area contributed by atoms with Crippen LogP contribution in [0.4, 0.5) is 0 Å². The van der Waals surface area contributed by atoms with E-state index in [1.807, 2.05) is 98.8 Å². The molecule has 0 amide bonds. The number of nitrogens with zero attached hydrogens (tertiary/aromatic N) is 4. The van der Waals surface area contributed by atoms with Crippen molar-refractivity contribution in [2.45, 2.75) is 77.8 Å². The topological polar surface area (TPSA) is 110 Å². The fourth-order valence-electron chi connectivity index (χ4n) is 9.08. The van der Waals surface area contributed by atoms with Crippen LogP contribution in [0.1, 0.15) is 61.3 Å². The molecule has 3 fully saturated rings. The van der Waals surface area contributed by atoms with Gasteiger partial charge in [-0.3, -0.25) is 9.97 Å². The summed E-state index contributed by atoms with van der Waals surface area (Å²) in [5.74, 6) is 3.21. The predicted octanol–water partition coefficient (Wildman–Crippen LogP) is 7.86. The number of ether oxygens (including phenoxy) is 2. The molecule has 272 valence electrons. The quantitative estimate of drug-likeness (QED) is 0.144. The van der Waals surface area contributed by atoms with Crippen LogP contribution in [0.25, 0.3) is 22.8 Å². The monoisotopic (exact) mass is 700 g/mol. The summed E-state index contributed by atoms with van der Waals surface area (Å²) >= 11 is 0. The van der Waals surface area contributed by atoms with Crippen LogP contribution in [0.2, 0.25) is 0 Å². The largest absolute Gasteiger partial charge is 0.392 e. The van der Waals surface area contributed by atoms with Crippen molar-refractivity contribution < 1.29 is 19.7 Å². The summed E-state index contributed by atoms with van der Waals surface area (Å²) in [6, 6.07) is 24.2. The van der Waals surface area contributed by atoms with Crippen molar-refractivity contribution in [3.8, 4) is 22.8 Å². The minimum Gasteiger partial charge on any atom is -0.392 e. The third-order valence-corrected chi connectivity index (χ3v) is 11.5. The van der Waals surface area contributed by atoms with Gasteiger partial charge < -0.3 is 19.7 Å². The van der Waals surface area contributed by atoms with Gasteiger partial charge in [-0.2, -0.15) is 0 Å². The lowest BCUT2D eigenvalue weighted by Crippen LogP contribution is -2.47. The number of rotatable bonds is 12. The Morgan fingerprint density at radius 1 is 0.519 bits per heavy atom.